The van der Waals surface area contributed by atoms with Crippen molar-refractivity contribution in [1.82, 2.24) is 15.3 Å². The molecule has 0 spiro atoms. The van der Waals surface area contributed by atoms with E-state index in [4.69, 9.17) is 11.6 Å². The Balaban J connectivity index is 2.70. The van der Waals surface area contributed by atoms with Gasteiger partial charge in [-0.25, -0.2) is 14.8 Å². The van der Waals surface area contributed by atoms with E-state index in [1.165, 1.54) is 12.5 Å². The summed E-state index contributed by atoms with van der Waals surface area (Å²) in [6, 6.07) is 0. The van der Waals surface area contributed by atoms with Crippen molar-refractivity contribution in [2.24, 2.45) is 0 Å². The molecule has 1 rings (SSSR count). The number of hydrogen-bond donors (Lipinski definition) is 1. The Morgan fingerprint density at radius 1 is 1.60 bits per heavy atom. The van der Waals surface area contributed by atoms with Gasteiger partial charge in [-0.1, -0.05) is 11.6 Å². The lowest BCUT2D eigenvalue weighted by Gasteiger charge is -2.03. The molecule has 0 aliphatic rings. The molecule has 1 heterocycles. The summed E-state index contributed by atoms with van der Waals surface area (Å²) in [5.41, 5.74) is 0.0206. The monoisotopic (exact) mass is 229 g/mol. The second-order valence-corrected chi connectivity index (χ2v) is 2.76. The first kappa shape index (κ1) is 11.4. The molecule has 6 nitrogen and oxygen atoms in total. The van der Waals surface area contributed by atoms with Gasteiger partial charge in [0.1, 0.15) is 11.5 Å². The fraction of sp³-hybridized carbons (Fsp3) is 0.250. The molecule has 0 saturated heterocycles. The molecule has 0 saturated carbocycles. The van der Waals surface area contributed by atoms with Crippen molar-refractivity contribution in [2.45, 2.75) is 6.92 Å². The predicted molar refractivity (Wildman–Crippen MR) is 51.5 cm³/mol. The Bertz CT molecular complexity index is 383. The van der Waals surface area contributed by atoms with Gasteiger partial charge in [-0.15, -0.1) is 0 Å². The van der Waals surface area contributed by atoms with Gasteiger partial charge in [-0.3, -0.25) is 10.1 Å². The Hall–Kier alpha value is -1.69. The number of halogens is 1. The summed E-state index contributed by atoms with van der Waals surface area (Å²) in [6.07, 6.45) is 1.58. The van der Waals surface area contributed by atoms with E-state index in [9.17, 15) is 9.59 Å². The Morgan fingerprint density at radius 2 is 2.33 bits per heavy atom. The van der Waals surface area contributed by atoms with Crippen LogP contribution in [0.15, 0.2) is 12.5 Å². The molecule has 0 aliphatic heterocycles. The smallest absolute Gasteiger partial charge is 0.414 e. The summed E-state index contributed by atoms with van der Waals surface area (Å²) in [5.74, 6) is -0.695. The van der Waals surface area contributed by atoms with Gasteiger partial charge < -0.3 is 4.74 Å². The maximum Gasteiger partial charge on any atom is 0.414 e. The lowest BCUT2D eigenvalue weighted by Crippen LogP contribution is -2.31. The van der Waals surface area contributed by atoms with E-state index in [1.807, 2.05) is 5.32 Å². The van der Waals surface area contributed by atoms with Crippen LogP contribution in [0.3, 0.4) is 0 Å². The standard InChI is InChI=1S/C8H8ClN3O3/c1-2-15-8(14)12-7(13)5-3-10-4-11-6(5)9/h3-4H,2H2,1H3,(H,12,13,14). The van der Waals surface area contributed by atoms with Crippen LogP contribution in [0.1, 0.15) is 17.3 Å². The number of alkyl carbamates (subject to hydrolysis) is 1. The van der Waals surface area contributed by atoms with Crippen LogP contribution in [0.4, 0.5) is 4.79 Å². The average Bonchev–Trinajstić information content (AvgIpc) is 2.18. The van der Waals surface area contributed by atoms with Crippen molar-refractivity contribution in [3.63, 3.8) is 0 Å². The first-order valence-corrected chi connectivity index (χ1v) is 4.46. The zero-order chi connectivity index (χ0) is 11.3. The van der Waals surface area contributed by atoms with Crippen LogP contribution >= 0.6 is 11.6 Å². The maximum atomic E-state index is 11.4. The van der Waals surface area contributed by atoms with Crippen LogP contribution < -0.4 is 5.32 Å². The highest BCUT2D eigenvalue weighted by molar-refractivity contribution is 6.32. The Kier molecular flexibility index (Phi) is 3.99. The molecule has 0 aromatic carbocycles. The van der Waals surface area contributed by atoms with Gasteiger partial charge in [-0.05, 0) is 6.92 Å². The van der Waals surface area contributed by atoms with E-state index in [0.717, 1.165) is 0 Å². The third kappa shape index (κ3) is 3.17. The van der Waals surface area contributed by atoms with Crippen molar-refractivity contribution in [3.8, 4) is 0 Å². The summed E-state index contributed by atoms with van der Waals surface area (Å²) < 4.78 is 4.52. The van der Waals surface area contributed by atoms with Gasteiger partial charge in [-0.2, -0.15) is 0 Å². The SMILES string of the molecule is CCOC(=O)NC(=O)c1cncnc1Cl. The summed E-state index contributed by atoms with van der Waals surface area (Å²) in [5, 5.41) is 1.95. The van der Waals surface area contributed by atoms with Gasteiger partial charge in [0.2, 0.25) is 0 Å². The highest BCUT2D eigenvalue weighted by atomic mass is 35.5. The summed E-state index contributed by atoms with van der Waals surface area (Å²) in [6.45, 7) is 1.81. The van der Waals surface area contributed by atoms with Crippen molar-refractivity contribution in [3.05, 3.63) is 23.2 Å². The Morgan fingerprint density at radius 3 is 2.93 bits per heavy atom. The molecule has 15 heavy (non-hydrogen) atoms. The van der Waals surface area contributed by atoms with E-state index in [2.05, 4.69) is 14.7 Å². The average molecular weight is 230 g/mol. The van der Waals surface area contributed by atoms with Gasteiger partial charge in [0.15, 0.2) is 0 Å². The molecule has 1 aromatic heterocycles. The molecule has 0 unspecified atom stereocenters. The third-order valence-electron chi connectivity index (χ3n) is 1.40. The summed E-state index contributed by atoms with van der Waals surface area (Å²) >= 11 is 5.62. The fourth-order valence-corrected chi connectivity index (χ4v) is 0.972. The molecular weight excluding hydrogens is 222 g/mol. The molecule has 7 heteroatoms. The van der Waals surface area contributed by atoms with E-state index in [-0.39, 0.29) is 17.3 Å². The van der Waals surface area contributed by atoms with E-state index in [0.29, 0.717) is 0 Å². The van der Waals surface area contributed by atoms with E-state index < -0.39 is 12.0 Å². The fourth-order valence-electron chi connectivity index (χ4n) is 0.794. The normalized spacial score (nSPS) is 9.47. The number of ether oxygens (including phenoxy) is 1. The molecule has 0 bridgehead atoms. The molecule has 80 valence electrons. The predicted octanol–water partition coefficient (Wildman–Crippen LogP) is 1.02. The van der Waals surface area contributed by atoms with Gasteiger partial charge in [0.25, 0.3) is 5.91 Å². The van der Waals surface area contributed by atoms with E-state index in [1.54, 1.807) is 6.92 Å². The largest absolute Gasteiger partial charge is 0.450 e. The second kappa shape index (κ2) is 5.26. The van der Waals surface area contributed by atoms with Crippen molar-refractivity contribution in [1.29, 1.82) is 0 Å². The maximum absolute atomic E-state index is 11.4. The quantitative estimate of drug-likeness (QED) is 0.766. The number of rotatable bonds is 2. The molecule has 0 fully saturated rings. The van der Waals surface area contributed by atoms with Gasteiger partial charge in [0.05, 0.1) is 12.2 Å². The van der Waals surface area contributed by atoms with Crippen molar-refractivity contribution >= 4 is 23.6 Å². The number of imide groups is 1. The number of nitrogens with zero attached hydrogens (tertiary/aromatic N) is 2. The molecular formula is C8H8ClN3O3. The topological polar surface area (TPSA) is 81.2 Å². The molecule has 1 aromatic rings. The lowest BCUT2D eigenvalue weighted by molar-refractivity contribution is 0.0924. The number of carbonyl (C=O) groups is 2. The highest BCUT2D eigenvalue weighted by Gasteiger charge is 2.14. The number of hydrogen-bond acceptors (Lipinski definition) is 5. The first-order valence-electron chi connectivity index (χ1n) is 4.08. The number of nitrogens with one attached hydrogen (secondary N) is 1. The van der Waals surface area contributed by atoms with Crippen LogP contribution in [0, 0.1) is 0 Å². The zero-order valence-electron chi connectivity index (χ0n) is 7.86. The van der Waals surface area contributed by atoms with Gasteiger partial charge in [0, 0.05) is 6.20 Å². The van der Waals surface area contributed by atoms with Crippen LogP contribution in [-0.2, 0) is 4.74 Å². The minimum Gasteiger partial charge on any atom is -0.450 e. The molecule has 2 amide bonds. The molecule has 0 atom stereocenters. The number of carbonyl (C=O) groups excluding carboxylic acids is 2. The van der Waals surface area contributed by atoms with Crippen LogP contribution in [0.2, 0.25) is 5.15 Å². The summed E-state index contributed by atoms with van der Waals surface area (Å²) in [4.78, 5) is 29.5. The zero-order valence-corrected chi connectivity index (χ0v) is 8.61. The molecule has 0 aliphatic carbocycles. The molecule has 0 radical (unpaired) electrons. The minimum atomic E-state index is -0.831. The highest BCUT2D eigenvalue weighted by Crippen LogP contribution is 2.09. The van der Waals surface area contributed by atoms with Crippen molar-refractivity contribution in [2.75, 3.05) is 6.61 Å². The lowest BCUT2D eigenvalue weighted by atomic mass is 10.3. The number of aromatic nitrogens is 2. The third-order valence-corrected chi connectivity index (χ3v) is 1.70. The Labute approximate surface area is 90.6 Å². The van der Waals surface area contributed by atoms with Crippen LogP contribution in [-0.4, -0.2) is 28.6 Å². The first-order chi connectivity index (χ1) is 7.15. The summed E-state index contributed by atoms with van der Waals surface area (Å²) in [7, 11) is 0. The van der Waals surface area contributed by atoms with Crippen LogP contribution in [0.5, 0.6) is 0 Å². The minimum absolute atomic E-state index is 0.0206. The number of amides is 2. The second-order valence-electron chi connectivity index (χ2n) is 2.40. The van der Waals surface area contributed by atoms with Crippen molar-refractivity contribution < 1.29 is 14.3 Å². The molecule has 1 N–H and O–H groups in total. The van der Waals surface area contributed by atoms with Crippen LogP contribution in [0.25, 0.3) is 0 Å². The van der Waals surface area contributed by atoms with Gasteiger partial charge >= 0.3 is 6.09 Å². The van der Waals surface area contributed by atoms with E-state index >= 15 is 0 Å².